The molecule has 0 atom stereocenters. The van der Waals surface area contributed by atoms with E-state index >= 15 is 0 Å². The van der Waals surface area contributed by atoms with E-state index in [1.54, 1.807) is 14.2 Å². The number of nitrogens with one attached hydrogen (secondary N) is 2. The Morgan fingerprint density at radius 2 is 1.92 bits per heavy atom. The van der Waals surface area contributed by atoms with Crippen molar-refractivity contribution in [3.05, 3.63) is 30.3 Å². The van der Waals surface area contributed by atoms with Crippen LogP contribution < -0.4 is 15.4 Å². The lowest BCUT2D eigenvalue weighted by molar-refractivity contribution is 0.0732. The normalized spacial score (nSPS) is 15.8. The first-order chi connectivity index (χ1) is 11.3. The van der Waals surface area contributed by atoms with E-state index in [4.69, 9.17) is 9.47 Å². The van der Waals surface area contributed by atoms with Crippen LogP contribution in [0.2, 0.25) is 0 Å². The van der Waals surface area contributed by atoms with Crippen LogP contribution in [0.1, 0.15) is 25.7 Å². The van der Waals surface area contributed by atoms with Crippen LogP contribution in [-0.2, 0) is 4.74 Å². The van der Waals surface area contributed by atoms with Gasteiger partial charge in [0, 0.05) is 27.3 Å². The van der Waals surface area contributed by atoms with E-state index in [2.05, 4.69) is 15.6 Å². The molecule has 1 aromatic rings. The number of ether oxygens (including phenoxy) is 2. The second-order valence-electron chi connectivity index (χ2n) is 6.11. The summed E-state index contributed by atoms with van der Waals surface area (Å²) in [6, 6.07) is 9.85. The van der Waals surface area contributed by atoms with Crippen molar-refractivity contribution in [1.82, 2.24) is 10.6 Å². The number of rotatable bonds is 9. The smallest absolute Gasteiger partial charge is 0.191 e. The zero-order valence-corrected chi connectivity index (χ0v) is 17.0. The minimum Gasteiger partial charge on any atom is -0.492 e. The van der Waals surface area contributed by atoms with Gasteiger partial charge in [0.15, 0.2) is 5.96 Å². The third kappa shape index (κ3) is 6.84. The fraction of sp³-hybridized carbons (Fsp3) is 0.611. The summed E-state index contributed by atoms with van der Waals surface area (Å²) in [4.78, 5) is 4.28. The molecule has 0 unspecified atom stereocenters. The van der Waals surface area contributed by atoms with Crippen LogP contribution in [0.3, 0.4) is 0 Å². The summed E-state index contributed by atoms with van der Waals surface area (Å²) in [6.45, 7) is 3.12. The summed E-state index contributed by atoms with van der Waals surface area (Å²) in [7, 11) is 3.57. The van der Waals surface area contributed by atoms with Gasteiger partial charge in [-0.25, -0.2) is 0 Å². The molecule has 1 aliphatic carbocycles. The van der Waals surface area contributed by atoms with Gasteiger partial charge < -0.3 is 20.1 Å². The summed E-state index contributed by atoms with van der Waals surface area (Å²) in [5.74, 6) is 1.73. The molecule has 0 bridgehead atoms. The van der Waals surface area contributed by atoms with Gasteiger partial charge in [0.05, 0.1) is 6.54 Å². The summed E-state index contributed by atoms with van der Waals surface area (Å²) >= 11 is 0. The van der Waals surface area contributed by atoms with Crippen molar-refractivity contribution in [1.29, 1.82) is 0 Å². The Bertz CT molecular complexity index is 478. The first-order valence-electron chi connectivity index (χ1n) is 8.39. The highest BCUT2D eigenvalue weighted by Crippen LogP contribution is 2.43. The lowest BCUT2D eigenvalue weighted by atomic mass is 9.67. The Morgan fingerprint density at radius 3 is 2.50 bits per heavy atom. The van der Waals surface area contributed by atoms with E-state index in [0.29, 0.717) is 12.0 Å². The van der Waals surface area contributed by atoms with Gasteiger partial charge in [-0.15, -0.1) is 24.0 Å². The highest BCUT2D eigenvalue weighted by Gasteiger charge is 2.36. The lowest BCUT2D eigenvalue weighted by Crippen LogP contribution is -2.47. The Morgan fingerprint density at radius 1 is 1.17 bits per heavy atom. The Hall–Kier alpha value is -1.02. The third-order valence-corrected chi connectivity index (χ3v) is 4.51. The molecule has 0 spiro atoms. The fourth-order valence-electron chi connectivity index (χ4n) is 2.86. The van der Waals surface area contributed by atoms with Crippen molar-refractivity contribution >= 4 is 29.9 Å². The van der Waals surface area contributed by atoms with Crippen molar-refractivity contribution in [2.75, 3.05) is 40.5 Å². The number of halogens is 1. The molecule has 24 heavy (non-hydrogen) atoms. The predicted molar refractivity (Wildman–Crippen MR) is 109 cm³/mol. The molecule has 1 fully saturated rings. The maximum Gasteiger partial charge on any atom is 0.191 e. The largest absolute Gasteiger partial charge is 0.492 e. The SMILES string of the molecule is CN=C(NCCOc1ccccc1)NCC1(CCOC)CCC1.I. The molecule has 0 heterocycles. The molecule has 1 aliphatic rings. The van der Waals surface area contributed by atoms with Gasteiger partial charge in [-0.2, -0.15) is 0 Å². The second-order valence-corrected chi connectivity index (χ2v) is 6.11. The van der Waals surface area contributed by atoms with E-state index in [1.165, 1.54) is 19.3 Å². The first kappa shape index (κ1) is 21.0. The van der Waals surface area contributed by atoms with Crippen molar-refractivity contribution in [3.8, 4) is 5.75 Å². The third-order valence-electron chi connectivity index (χ3n) is 4.51. The molecule has 6 heteroatoms. The zero-order chi connectivity index (χ0) is 16.4. The number of nitrogens with zero attached hydrogens (tertiary/aromatic N) is 1. The molecular weight excluding hydrogens is 417 g/mol. The van der Waals surface area contributed by atoms with Crippen molar-refractivity contribution in [2.45, 2.75) is 25.7 Å². The minimum atomic E-state index is 0. The summed E-state index contributed by atoms with van der Waals surface area (Å²) in [5, 5.41) is 6.75. The number of benzene rings is 1. The number of hydrogen-bond donors (Lipinski definition) is 2. The van der Waals surface area contributed by atoms with Gasteiger partial charge >= 0.3 is 0 Å². The molecule has 1 aromatic carbocycles. The molecule has 0 saturated heterocycles. The average Bonchev–Trinajstić information content (AvgIpc) is 2.56. The standard InChI is InChI=1S/C18H29N3O2.HI/c1-19-17(20-12-14-23-16-7-4-3-5-8-16)21-15-18(9-6-10-18)11-13-22-2;/h3-5,7-8H,6,9-15H2,1-2H3,(H2,19,20,21);1H. The molecule has 136 valence electrons. The van der Waals surface area contributed by atoms with Gasteiger partial charge in [0.1, 0.15) is 12.4 Å². The molecule has 0 radical (unpaired) electrons. The Balaban J connectivity index is 0.00000288. The molecule has 1 saturated carbocycles. The van der Waals surface area contributed by atoms with Gasteiger partial charge in [0.25, 0.3) is 0 Å². The van der Waals surface area contributed by atoms with Crippen molar-refractivity contribution < 1.29 is 9.47 Å². The van der Waals surface area contributed by atoms with E-state index < -0.39 is 0 Å². The van der Waals surface area contributed by atoms with Crippen LogP contribution in [0, 0.1) is 5.41 Å². The average molecular weight is 447 g/mol. The summed E-state index contributed by atoms with van der Waals surface area (Å²) in [5.41, 5.74) is 0.383. The fourth-order valence-corrected chi connectivity index (χ4v) is 2.86. The molecule has 0 amide bonds. The Labute approximate surface area is 162 Å². The van der Waals surface area contributed by atoms with Gasteiger partial charge in [-0.3, -0.25) is 4.99 Å². The van der Waals surface area contributed by atoms with Crippen LogP contribution in [0.25, 0.3) is 0 Å². The van der Waals surface area contributed by atoms with Gasteiger partial charge in [-0.05, 0) is 36.8 Å². The molecule has 5 nitrogen and oxygen atoms in total. The summed E-state index contributed by atoms with van der Waals surface area (Å²) < 4.78 is 10.9. The molecule has 0 aliphatic heterocycles. The summed E-state index contributed by atoms with van der Waals surface area (Å²) in [6.07, 6.45) is 4.99. The predicted octanol–water partition coefficient (Wildman–Crippen LogP) is 3.06. The monoisotopic (exact) mass is 447 g/mol. The maximum absolute atomic E-state index is 5.67. The zero-order valence-electron chi connectivity index (χ0n) is 14.7. The number of methoxy groups -OCH3 is 1. The van der Waals surface area contributed by atoms with E-state index in [1.807, 2.05) is 30.3 Å². The number of guanidine groups is 1. The molecular formula is C18H30IN3O2. The van der Waals surface area contributed by atoms with Crippen LogP contribution >= 0.6 is 24.0 Å². The van der Waals surface area contributed by atoms with Gasteiger partial charge in [-0.1, -0.05) is 24.6 Å². The second kappa shape index (κ2) is 11.5. The van der Waals surface area contributed by atoms with Crippen LogP contribution in [0.15, 0.2) is 35.3 Å². The molecule has 2 rings (SSSR count). The van der Waals surface area contributed by atoms with Crippen molar-refractivity contribution in [3.63, 3.8) is 0 Å². The van der Waals surface area contributed by atoms with E-state index in [0.717, 1.165) is 37.8 Å². The minimum absolute atomic E-state index is 0. The highest BCUT2D eigenvalue weighted by atomic mass is 127. The highest BCUT2D eigenvalue weighted by molar-refractivity contribution is 14.0. The maximum atomic E-state index is 5.67. The van der Waals surface area contributed by atoms with Crippen LogP contribution in [0.5, 0.6) is 5.75 Å². The lowest BCUT2D eigenvalue weighted by Gasteiger charge is -2.42. The van der Waals surface area contributed by atoms with Crippen LogP contribution in [-0.4, -0.2) is 46.4 Å². The van der Waals surface area contributed by atoms with Crippen molar-refractivity contribution in [2.24, 2.45) is 10.4 Å². The number of hydrogen-bond acceptors (Lipinski definition) is 3. The topological polar surface area (TPSA) is 54.9 Å². The van der Waals surface area contributed by atoms with E-state index in [9.17, 15) is 0 Å². The number of aliphatic imine (C=N–C) groups is 1. The number of para-hydroxylation sites is 1. The quantitative estimate of drug-likeness (QED) is 0.265. The Kier molecular flexibility index (Phi) is 10.1. The van der Waals surface area contributed by atoms with E-state index in [-0.39, 0.29) is 24.0 Å². The molecule has 0 aromatic heterocycles. The van der Waals surface area contributed by atoms with Gasteiger partial charge in [0.2, 0.25) is 0 Å². The first-order valence-corrected chi connectivity index (χ1v) is 8.39. The van der Waals surface area contributed by atoms with Crippen LogP contribution in [0.4, 0.5) is 0 Å². The molecule has 2 N–H and O–H groups in total.